The van der Waals surface area contributed by atoms with E-state index in [4.69, 9.17) is 16.0 Å². The maximum Gasteiger partial charge on any atom is 0.238 e. The first-order chi connectivity index (χ1) is 12.3. The Hall–Kier alpha value is -1.83. The fourth-order valence-electron chi connectivity index (χ4n) is 3.10. The lowest BCUT2D eigenvalue weighted by Crippen LogP contribution is -2.51. The van der Waals surface area contributed by atoms with Crippen molar-refractivity contribution in [3.8, 4) is 11.3 Å². The Bertz CT molecular complexity index is 877. The molecule has 1 aromatic heterocycles. The molecule has 8 heteroatoms. The van der Waals surface area contributed by atoms with E-state index in [1.54, 1.807) is 18.2 Å². The van der Waals surface area contributed by atoms with E-state index in [0.717, 1.165) is 24.7 Å². The monoisotopic (exact) mass is 396 g/mol. The normalized spacial score (nSPS) is 18.6. The standard InChI is InChI=1S/C18H21ClN2O4S/c1-26(23,24)21-11-3-2-4-16(21)18(22)20-12-15-9-10-17(25-15)13-5-7-14(19)8-6-13/h5-10,16H,2-4,11-12H2,1H3,(H,20,22)/t16-/m0/s1. The summed E-state index contributed by atoms with van der Waals surface area (Å²) in [7, 11) is -3.40. The highest BCUT2D eigenvalue weighted by atomic mass is 35.5. The fourth-order valence-corrected chi connectivity index (χ4v) is 4.35. The van der Waals surface area contributed by atoms with E-state index >= 15 is 0 Å². The number of amides is 1. The topological polar surface area (TPSA) is 79.6 Å². The molecule has 0 saturated carbocycles. The lowest BCUT2D eigenvalue weighted by Gasteiger charge is -2.32. The molecule has 1 amide bonds. The zero-order chi connectivity index (χ0) is 18.7. The smallest absolute Gasteiger partial charge is 0.238 e. The van der Waals surface area contributed by atoms with Crippen molar-refractivity contribution in [2.75, 3.05) is 12.8 Å². The van der Waals surface area contributed by atoms with Crippen LogP contribution in [0.5, 0.6) is 0 Å². The predicted molar refractivity (Wildman–Crippen MR) is 100 cm³/mol. The number of carbonyl (C=O) groups is 1. The lowest BCUT2D eigenvalue weighted by atomic mass is 10.0. The third kappa shape index (κ3) is 4.47. The van der Waals surface area contributed by atoms with Gasteiger partial charge < -0.3 is 9.73 Å². The van der Waals surface area contributed by atoms with Gasteiger partial charge in [-0.3, -0.25) is 4.79 Å². The van der Waals surface area contributed by atoms with Crippen LogP contribution >= 0.6 is 11.6 Å². The molecule has 0 spiro atoms. The molecule has 2 aromatic rings. The van der Waals surface area contributed by atoms with Crippen molar-refractivity contribution in [2.45, 2.75) is 31.8 Å². The van der Waals surface area contributed by atoms with Crippen LogP contribution in [0.2, 0.25) is 5.02 Å². The number of nitrogens with zero attached hydrogens (tertiary/aromatic N) is 1. The summed E-state index contributed by atoms with van der Waals surface area (Å²) >= 11 is 5.88. The number of hydrogen-bond donors (Lipinski definition) is 1. The van der Waals surface area contributed by atoms with Crippen molar-refractivity contribution in [1.29, 1.82) is 0 Å². The first-order valence-electron chi connectivity index (χ1n) is 8.44. The number of rotatable bonds is 5. The van der Waals surface area contributed by atoms with E-state index in [9.17, 15) is 13.2 Å². The average Bonchev–Trinajstić information content (AvgIpc) is 3.08. The van der Waals surface area contributed by atoms with Crippen LogP contribution in [-0.4, -0.2) is 37.5 Å². The van der Waals surface area contributed by atoms with Crippen LogP contribution < -0.4 is 5.32 Å². The van der Waals surface area contributed by atoms with Crippen molar-refractivity contribution in [3.63, 3.8) is 0 Å². The Labute approximate surface area is 158 Å². The highest BCUT2D eigenvalue weighted by Crippen LogP contribution is 2.24. The summed E-state index contributed by atoms with van der Waals surface area (Å²) in [4.78, 5) is 12.5. The molecule has 0 aliphatic carbocycles. The number of piperidine rings is 1. The minimum Gasteiger partial charge on any atom is -0.459 e. The van der Waals surface area contributed by atoms with Crippen LogP contribution in [0.1, 0.15) is 25.0 Å². The van der Waals surface area contributed by atoms with Gasteiger partial charge in [-0.25, -0.2) is 8.42 Å². The summed E-state index contributed by atoms with van der Waals surface area (Å²) in [6.45, 7) is 0.596. The molecule has 1 fully saturated rings. The summed E-state index contributed by atoms with van der Waals surface area (Å²) in [5, 5.41) is 3.43. The zero-order valence-electron chi connectivity index (χ0n) is 14.4. The van der Waals surface area contributed by atoms with Gasteiger partial charge in [-0.15, -0.1) is 0 Å². The van der Waals surface area contributed by atoms with Crippen molar-refractivity contribution < 1.29 is 17.6 Å². The molecule has 0 bridgehead atoms. The molecule has 1 N–H and O–H groups in total. The van der Waals surface area contributed by atoms with Crippen molar-refractivity contribution in [2.24, 2.45) is 0 Å². The van der Waals surface area contributed by atoms with E-state index in [2.05, 4.69) is 5.32 Å². The van der Waals surface area contributed by atoms with Gasteiger partial charge in [-0.05, 0) is 49.2 Å². The van der Waals surface area contributed by atoms with Gasteiger partial charge in [0.05, 0.1) is 12.8 Å². The van der Waals surface area contributed by atoms with Crippen LogP contribution in [0.25, 0.3) is 11.3 Å². The Morgan fingerprint density at radius 1 is 1.23 bits per heavy atom. The maximum absolute atomic E-state index is 12.5. The lowest BCUT2D eigenvalue weighted by molar-refractivity contribution is -0.125. The van der Waals surface area contributed by atoms with E-state index in [-0.39, 0.29) is 12.5 Å². The van der Waals surface area contributed by atoms with Crippen LogP contribution in [-0.2, 0) is 21.4 Å². The second kappa shape index (κ2) is 7.82. The van der Waals surface area contributed by atoms with Gasteiger partial charge in [0.2, 0.25) is 15.9 Å². The minimum absolute atomic E-state index is 0.209. The number of hydrogen-bond acceptors (Lipinski definition) is 4. The van der Waals surface area contributed by atoms with Gasteiger partial charge in [0.15, 0.2) is 0 Å². The van der Waals surface area contributed by atoms with E-state index in [1.165, 1.54) is 4.31 Å². The average molecular weight is 397 g/mol. The molecule has 26 heavy (non-hydrogen) atoms. The molecule has 1 aliphatic rings. The second-order valence-electron chi connectivity index (χ2n) is 6.38. The summed E-state index contributed by atoms with van der Waals surface area (Å²) in [5.41, 5.74) is 0.891. The molecule has 6 nitrogen and oxygen atoms in total. The van der Waals surface area contributed by atoms with Gasteiger partial charge >= 0.3 is 0 Å². The molecule has 3 rings (SSSR count). The Morgan fingerprint density at radius 2 is 1.96 bits per heavy atom. The van der Waals surface area contributed by atoms with Gasteiger partial charge in [0, 0.05) is 17.1 Å². The van der Waals surface area contributed by atoms with Gasteiger partial charge in [-0.2, -0.15) is 4.31 Å². The first-order valence-corrected chi connectivity index (χ1v) is 10.7. The van der Waals surface area contributed by atoms with Crippen molar-refractivity contribution in [3.05, 3.63) is 47.2 Å². The number of benzene rings is 1. The third-order valence-electron chi connectivity index (χ3n) is 4.41. The molecule has 2 heterocycles. The van der Waals surface area contributed by atoms with Crippen molar-refractivity contribution >= 4 is 27.5 Å². The molecule has 1 saturated heterocycles. The highest BCUT2D eigenvalue weighted by Gasteiger charge is 2.34. The molecular weight excluding hydrogens is 376 g/mol. The Morgan fingerprint density at radius 3 is 2.65 bits per heavy atom. The van der Waals surface area contributed by atoms with Crippen LogP contribution in [0.3, 0.4) is 0 Å². The van der Waals surface area contributed by atoms with Gasteiger partial charge in [-0.1, -0.05) is 18.0 Å². The summed E-state index contributed by atoms with van der Waals surface area (Å²) in [5.74, 6) is 0.992. The third-order valence-corrected chi connectivity index (χ3v) is 5.95. The van der Waals surface area contributed by atoms with Crippen LogP contribution in [0, 0.1) is 0 Å². The summed E-state index contributed by atoms with van der Waals surface area (Å²) < 4.78 is 30.8. The first kappa shape index (κ1) is 18.9. The SMILES string of the molecule is CS(=O)(=O)N1CCCC[C@H]1C(=O)NCc1ccc(-c2ccc(Cl)cc2)o1. The minimum atomic E-state index is -3.40. The highest BCUT2D eigenvalue weighted by molar-refractivity contribution is 7.88. The molecular formula is C18H21ClN2O4S. The molecule has 1 atom stereocenters. The van der Waals surface area contributed by atoms with E-state index < -0.39 is 16.1 Å². The largest absolute Gasteiger partial charge is 0.459 e. The zero-order valence-corrected chi connectivity index (χ0v) is 16.0. The molecule has 140 valence electrons. The molecule has 0 unspecified atom stereocenters. The van der Waals surface area contributed by atoms with Gasteiger partial charge in [0.25, 0.3) is 0 Å². The van der Waals surface area contributed by atoms with Crippen LogP contribution in [0.4, 0.5) is 0 Å². The van der Waals surface area contributed by atoms with Gasteiger partial charge in [0.1, 0.15) is 17.6 Å². The predicted octanol–water partition coefficient (Wildman–Crippen LogP) is 3.03. The van der Waals surface area contributed by atoms with E-state index in [1.807, 2.05) is 18.2 Å². The van der Waals surface area contributed by atoms with E-state index in [0.29, 0.717) is 29.5 Å². The van der Waals surface area contributed by atoms with Crippen LogP contribution in [0.15, 0.2) is 40.8 Å². The molecule has 1 aliphatic heterocycles. The second-order valence-corrected chi connectivity index (χ2v) is 8.75. The molecule has 0 radical (unpaired) electrons. The number of nitrogens with one attached hydrogen (secondary N) is 1. The number of carbonyl (C=O) groups excluding carboxylic acids is 1. The Balaban J connectivity index is 1.63. The Kier molecular flexibility index (Phi) is 5.70. The molecule has 1 aromatic carbocycles. The number of halogens is 1. The summed E-state index contributed by atoms with van der Waals surface area (Å²) in [6.07, 6.45) is 3.29. The number of sulfonamides is 1. The maximum atomic E-state index is 12.5. The van der Waals surface area contributed by atoms with Crippen molar-refractivity contribution in [1.82, 2.24) is 9.62 Å². The number of furan rings is 1. The quantitative estimate of drug-likeness (QED) is 0.842. The fraction of sp³-hybridized carbons (Fsp3) is 0.389. The summed E-state index contributed by atoms with van der Waals surface area (Å²) in [6, 6.07) is 10.2.